The fourth-order valence-electron chi connectivity index (χ4n) is 2.82. The molecule has 20 heavy (non-hydrogen) atoms. The van der Waals surface area contributed by atoms with Crippen LogP contribution in [0.25, 0.3) is 0 Å². The summed E-state index contributed by atoms with van der Waals surface area (Å²) in [5.41, 5.74) is 0. The van der Waals surface area contributed by atoms with Gasteiger partial charge in [0.15, 0.2) is 0 Å². The Morgan fingerprint density at radius 2 is 1.95 bits per heavy atom. The Bertz CT molecular complexity index is 334. The highest BCUT2D eigenvalue weighted by Gasteiger charge is 2.27. The third-order valence-electron chi connectivity index (χ3n) is 4.15. The lowest BCUT2D eigenvalue weighted by atomic mass is 9.97. The molecule has 0 saturated carbocycles. The number of carbonyl (C=O) groups excluding carboxylic acids is 1. The third kappa shape index (κ3) is 4.45. The summed E-state index contributed by atoms with van der Waals surface area (Å²) in [7, 11) is 0. The van der Waals surface area contributed by atoms with Crippen LogP contribution in [0.2, 0.25) is 0 Å². The summed E-state index contributed by atoms with van der Waals surface area (Å²) in [6.45, 7) is 2.78. The van der Waals surface area contributed by atoms with Crippen molar-refractivity contribution in [2.75, 3.05) is 32.8 Å². The Balaban J connectivity index is 1.61. The first kappa shape index (κ1) is 15.3. The number of hydrogen-bond acceptors (Lipinski definition) is 4. The lowest BCUT2D eigenvalue weighted by Crippen LogP contribution is -2.43. The molecule has 6 nitrogen and oxygen atoms in total. The van der Waals surface area contributed by atoms with Gasteiger partial charge in [-0.25, -0.2) is 0 Å². The zero-order chi connectivity index (χ0) is 14.4. The molecule has 0 aromatic carbocycles. The highest BCUT2D eigenvalue weighted by Crippen LogP contribution is 2.17. The van der Waals surface area contributed by atoms with Gasteiger partial charge in [0, 0.05) is 19.1 Å². The summed E-state index contributed by atoms with van der Waals surface area (Å²) >= 11 is 0. The standard InChI is InChI=1S/C14H24N2O4/c17-13(10-20-9-12-3-1-2-6-15-12)16-7-4-11(5-8-16)14(18)19/h11-12,15H,1-10H2,(H,18,19). The van der Waals surface area contributed by atoms with E-state index in [1.165, 1.54) is 12.8 Å². The van der Waals surface area contributed by atoms with E-state index in [1.807, 2.05) is 0 Å². The molecule has 1 unspecified atom stereocenters. The van der Waals surface area contributed by atoms with Gasteiger partial charge in [-0.15, -0.1) is 0 Å². The maximum atomic E-state index is 11.9. The van der Waals surface area contributed by atoms with Gasteiger partial charge in [-0.2, -0.15) is 0 Å². The molecule has 2 N–H and O–H groups in total. The van der Waals surface area contributed by atoms with Crippen LogP contribution < -0.4 is 5.32 Å². The maximum absolute atomic E-state index is 11.9. The molecule has 2 rings (SSSR count). The number of amides is 1. The number of nitrogens with one attached hydrogen (secondary N) is 1. The van der Waals surface area contributed by atoms with Crippen molar-refractivity contribution in [1.82, 2.24) is 10.2 Å². The summed E-state index contributed by atoms with van der Waals surface area (Å²) in [5.74, 6) is -1.08. The molecule has 0 aromatic rings. The second-order valence-electron chi connectivity index (χ2n) is 5.66. The van der Waals surface area contributed by atoms with Crippen LogP contribution in [0.15, 0.2) is 0 Å². The quantitative estimate of drug-likeness (QED) is 0.767. The fraction of sp³-hybridized carbons (Fsp3) is 0.857. The Morgan fingerprint density at radius 1 is 1.20 bits per heavy atom. The zero-order valence-corrected chi connectivity index (χ0v) is 11.8. The van der Waals surface area contributed by atoms with E-state index in [0.717, 1.165) is 13.0 Å². The summed E-state index contributed by atoms with van der Waals surface area (Å²) in [5, 5.41) is 12.3. The molecule has 2 saturated heterocycles. The highest BCUT2D eigenvalue weighted by molar-refractivity contribution is 5.78. The summed E-state index contributed by atoms with van der Waals surface area (Å²) in [4.78, 5) is 24.5. The predicted octanol–water partition coefficient (Wildman–Crippen LogP) is 0.468. The Morgan fingerprint density at radius 3 is 2.55 bits per heavy atom. The van der Waals surface area contributed by atoms with Gasteiger partial charge in [0.25, 0.3) is 0 Å². The molecule has 114 valence electrons. The van der Waals surface area contributed by atoms with E-state index in [0.29, 0.717) is 38.6 Å². The molecule has 2 aliphatic heterocycles. The van der Waals surface area contributed by atoms with E-state index in [4.69, 9.17) is 9.84 Å². The van der Waals surface area contributed by atoms with Crippen LogP contribution in [0.5, 0.6) is 0 Å². The number of hydrogen-bond donors (Lipinski definition) is 2. The molecule has 1 amide bonds. The SMILES string of the molecule is O=C(O)C1CCN(C(=O)COCC2CCCCN2)CC1. The van der Waals surface area contributed by atoms with E-state index in [9.17, 15) is 9.59 Å². The van der Waals surface area contributed by atoms with E-state index < -0.39 is 5.97 Å². The summed E-state index contributed by atoms with van der Waals surface area (Å²) in [6, 6.07) is 0.370. The fourth-order valence-corrected chi connectivity index (χ4v) is 2.82. The Kier molecular flexibility index (Phi) is 5.79. The largest absolute Gasteiger partial charge is 0.481 e. The van der Waals surface area contributed by atoms with Crippen LogP contribution in [0.1, 0.15) is 32.1 Å². The lowest BCUT2D eigenvalue weighted by Gasteiger charge is -2.30. The van der Waals surface area contributed by atoms with Crippen molar-refractivity contribution in [2.24, 2.45) is 5.92 Å². The lowest BCUT2D eigenvalue weighted by molar-refractivity contribution is -0.147. The van der Waals surface area contributed by atoms with Gasteiger partial charge in [-0.1, -0.05) is 6.42 Å². The highest BCUT2D eigenvalue weighted by atomic mass is 16.5. The van der Waals surface area contributed by atoms with Crippen LogP contribution in [-0.4, -0.2) is 60.8 Å². The van der Waals surface area contributed by atoms with Crippen LogP contribution >= 0.6 is 0 Å². The normalized spacial score (nSPS) is 24.6. The van der Waals surface area contributed by atoms with Gasteiger partial charge in [0.05, 0.1) is 12.5 Å². The first-order valence-corrected chi connectivity index (χ1v) is 7.48. The molecule has 0 aromatic heterocycles. The number of carboxylic acids is 1. The molecule has 0 aliphatic carbocycles. The minimum Gasteiger partial charge on any atom is -0.481 e. The van der Waals surface area contributed by atoms with E-state index in [2.05, 4.69) is 5.32 Å². The van der Waals surface area contributed by atoms with Crippen molar-refractivity contribution in [1.29, 1.82) is 0 Å². The topological polar surface area (TPSA) is 78.9 Å². The Hall–Kier alpha value is -1.14. The molecule has 0 radical (unpaired) electrons. The van der Waals surface area contributed by atoms with E-state index >= 15 is 0 Å². The first-order chi connectivity index (χ1) is 9.66. The van der Waals surface area contributed by atoms with E-state index in [1.54, 1.807) is 4.90 Å². The van der Waals surface area contributed by atoms with Gasteiger partial charge < -0.3 is 20.1 Å². The van der Waals surface area contributed by atoms with Crippen molar-refractivity contribution >= 4 is 11.9 Å². The van der Waals surface area contributed by atoms with Crippen molar-refractivity contribution in [2.45, 2.75) is 38.1 Å². The van der Waals surface area contributed by atoms with Gasteiger partial charge in [0.2, 0.25) is 5.91 Å². The summed E-state index contributed by atoms with van der Waals surface area (Å²) in [6.07, 6.45) is 4.64. The predicted molar refractivity (Wildman–Crippen MR) is 73.4 cm³/mol. The zero-order valence-electron chi connectivity index (χ0n) is 11.8. The number of piperidine rings is 2. The number of carbonyl (C=O) groups is 2. The van der Waals surface area contributed by atoms with Crippen molar-refractivity contribution in [3.8, 4) is 0 Å². The minimum absolute atomic E-state index is 0.0235. The van der Waals surface area contributed by atoms with Gasteiger partial charge in [-0.05, 0) is 32.2 Å². The minimum atomic E-state index is -0.753. The van der Waals surface area contributed by atoms with Gasteiger partial charge >= 0.3 is 5.97 Å². The molecular weight excluding hydrogens is 260 g/mol. The van der Waals surface area contributed by atoms with Crippen LogP contribution in [0.4, 0.5) is 0 Å². The molecule has 0 bridgehead atoms. The molecule has 0 spiro atoms. The van der Waals surface area contributed by atoms with Gasteiger partial charge in [0.1, 0.15) is 6.61 Å². The molecule has 2 fully saturated rings. The molecule has 2 aliphatic rings. The maximum Gasteiger partial charge on any atom is 0.306 e. The smallest absolute Gasteiger partial charge is 0.306 e. The van der Waals surface area contributed by atoms with Crippen molar-refractivity contribution in [3.05, 3.63) is 0 Å². The van der Waals surface area contributed by atoms with Gasteiger partial charge in [-0.3, -0.25) is 9.59 Å². The molecule has 6 heteroatoms. The number of ether oxygens (including phenoxy) is 1. The molecule has 1 atom stereocenters. The first-order valence-electron chi connectivity index (χ1n) is 7.48. The van der Waals surface area contributed by atoms with E-state index in [-0.39, 0.29) is 18.4 Å². The van der Waals surface area contributed by atoms with Crippen LogP contribution in [0, 0.1) is 5.92 Å². The van der Waals surface area contributed by atoms with Crippen molar-refractivity contribution in [3.63, 3.8) is 0 Å². The number of likely N-dealkylation sites (tertiary alicyclic amines) is 1. The number of carboxylic acid groups (broad SMARTS) is 1. The Labute approximate surface area is 119 Å². The van der Waals surface area contributed by atoms with Crippen LogP contribution in [-0.2, 0) is 14.3 Å². The average Bonchev–Trinajstić information content (AvgIpc) is 2.48. The third-order valence-corrected chi connectivity index (χ3v) is 4.15. The molecule has 2 heterocycles. The number of rotatable bonds is 5. The monoisotopic (exact) mass is 284 g/mol. The average molecular weight is 284 g/mol. The second-order valence-corrected chi connectivity index (χ2v) is 5.66. The number of nitrogens with zero attached hydrogens (tertiary/aromatic N) is 1. The summed E-state index contributed by atoms with van der Waals surface area (Å²) < 4.78 is 5.49. The van der Waals surface area contributed by atoms with Crippen molar-refractivity contribution < 1.29 is 19.4 Å². The van der Waals surface area contributed by atoms with Crippen LogP contribution in [0.3, 0.4) is 0 Å². The second kappa shape index (κ2) is 7.59. The number of aliphatic carboxylic acids is 1. The molecular formula is C14H24N2O4.